The first kappa shape index (κ1) is 15.8. The Hall–Kier alpha value is -0.280. The van der Waals surface area contributed by atoms with Crippen molar-refractivity contribution in [3.8, 4) is 0 Å². The number of rotatable bonds is 4. The van der Waals surface area contributed by atoms with Crippen LogP contribution in [0.15, 0.2) is 0 Å². The van der Waals surface area contributed by atoms with Crippen molar-refractivity contribution in [1.29, 1.82) is 0 Å². The Balaban J connectivity index is 0.00000162. The van der Waals surface area contributed by atoms with E-state index in [0.29, 0.717) is 12.0 Å². The van der Waals surface area contributed by atoms with Gasteiger partial charge in [-0.1, -0.05) is 19.8 Å². The molecule has 3 nitrogen and oxygen atoms in total. The molecule has 0 spiro atoms. The Morgan fingerprint density at radius 1 is 1.28 bits per heavy atom. The summed E-state index contributed by atoms with van der Waals surface area (Å²) < 4.78 is 0. The van der Waals surface area contributed by atoms with Crippen LogP contribution in [-0.4, -0.2) is 25.0 Å². The summed E-state index contributed by atoms with van der Waals surface area (Å²) >= 11 is 0. The van der Waals surface area contributed by atoms with Crippen LogP contribution >= 0.6 is 12.4 Å². The summed E-state index contributed by atoms with van der Waals surface area (Å²) in [7, 11) is 0. The summed E-state index contributed by atoms with van der Waals surface area (Å²) in [6.07, 6.45) is 8.08. The van der Waals surface area contributed by atoms with E-state index in [9.17, 15) is 4.79 Å². The number of carbonyl (C=O) groups is 1. The first-order valence-electron chi connectivity index (χ1n) is 7.26. The lowest BCUT2D eigenvalue weighted by Gasteiger charge is -2.29. The Morgan fingerprint density at radius 2 is 2.06 bits per heavy atom. The van der Waals surface area contributed by atoms with Crippen molar-refractivity contribution in [3.63, 3.8) is 0 Å². The van der Waals surface area contributed by atoms with Crippen LogP contribution in [0.2, 0.25) is 0 Å². The van der Waals surface area contributed by atoms with Gasteiger partial charge >= 0.3 is 0 Å². The fourth-order valence-electron chi connectivity index (χ4n) is 3.11. The summed E-state index contributed by atoms with van der Waals surface area (Å²) in [6, 6.07) is 0.443. The van der Waals surface area contributed by atoms with Gasteiger partial charge < -0.3 is 10.6 Å². The second-order valence-corrected chi connectivity index (χ2v) is 5.83. The highest BCUT2D eigenvalue weighted by molar-refractivity contribution is 5.85. The van der Waals surface area contributed by atoms with Gasteiger partial charge in [0, 0.05) is 12.5 Å². The third-order valence-corrected chi connectivity index (χ3v) is 4.40. The molecule has 4 heteroatoms. The molecular weight excluding hydrogens is 248 g/mol. The van der Waals surface area contributed by atoms with E-state index in [-0.39, 0.29) is 18.3 Å². The molecule has 1 heterocycles. The van der Waals surface area contributed by atoms with Gasteiger partial charge in [-0.15, -0.1) is 12.4 Å². The van der Waals surface area contributed by atoms with Gasteiger partial charge in [0.2, 0.25) is 5.91 Å². The third kappa shape index (κ3) is 4.77. The van der Waals surface area contributed by atoms with Crippen LogP contribution in [0.5, 0.6) is 0 Å². The Morgan fingerprint density at radius 3 is 2.72 bits per heavy atom. The van der Waals surface area contributed by atoms with Gasteiger partial charge in [0.05, 0.1) is 0 Å². The maximum absolute atomic E-state index is 11.9. The molecule has 0 bridgehead atoms. The van der Waals surface area contributed by atoms with Crippen LogP contribution in [0, 0.1) is 11.8 Å². The molecule has 0 aromatic carbocycles. The first-order valence-corrected chi connectivity index (χ1v) is 7.26. The van der Waals surface area contributed by atoms with E-state index in [1.807, 2.05) is 0 Å². The van der Waals surface area contributed by atoms with Crippen LogP contribution in [0.3, 0.4) is 0 Å². The summed E-state index contributed by atoms with van der Waals surface area (Å²) in [5, 5.41) is 6.59. The fraction of sp³-hybridized carbons (Fsp3) is 0.929. The lowest BCUT2D eigenvalue weighted by atomic mass is 9.86. The van der Waals surface area contributed by atoms with Crippen LogP contribution in [0.25, 0.3) is 0 Å². The number of hydrogen-bond donors (Lipinski definition) is 2. The number of carbonyl (C=O) groups excluding carboxylic acids is 1. The van der Waals surface area contributed by atoms with E-state index in [1.54, 1.807) is 0 Å². The molecule has 2 fully saturated rings. The number of halogens is 1. The lowest BCUT2D eigenvalue weighted by molar-refractivity contribution is -0.122. The standard InChI is InChI=1S/C14H26N2O.ClH/c1-11-4-2-3-5-13(11)16-14(17)7-6-12-8-9-15-10-12;/h11-13,15H,2-10H2,1H3,(H,16,17);1H. The van der Waals surface area contributed by atoms with Gasteiger partial charge in [-0.3, -0.25) is 4.79 Å². The molecule has 0 radical (unpaired) electrons. The quantitative estimate of drug-likeness (QED) is 0.827. The van der Waals surface area contributed by atoms with E-state index in [2.05, 4.69) is 17.6 Å². The van der Waals surface area contributed by atoms with E-state index >= 15 is 0 Å². The van der Waals surface area contributed by atoms with Gasteiger partial charge in [-0.25, -0.2) is 0 Å². The van der Waals surface area contributed by atoms with E-state index in [0.717, 1.165) is 31.8 Å². The molecular formula is C14H27ClN2O. The lowest BCUT2D eigenvalue weighted by Crippen LogP contribution is -2.41. The average Bonchev–Trinajstić information content (AvgIpc) is 2.82. The van der Waals surface area contributed by atoms with Crippen molar-refractivity contribution in [2.75, 3.05) is 13.1 Å². The molecule has 3 unspecified atom stereocenters. The molecule has 1 aliphatic carbocycles. The maximum Gasteiger partial charge on any atom is 0.220 e. The molecule has 18 heavy (non-hydrogen) atoms. The number of hydrogen-bond acceptors (Lipinski definition) is 2. The van der Waals surface area contributed by atoms with Crippen LogP contribution < -0.4 is 10.6 Å². The Bertz CT molecular complexity index is 254. The molecule has 2 rings (SSSR count). The van der Waals surface area contributed by atoms with E-state index in [1.165, 1.54) is 32.1 Å². The predicted molar refractivity (Wildman–Crippen MR) is 77.0 cm³/mol. The largest absolute Gasteiger partial charge is 0.353 e. The zero-order valence-electron chi connectivity index (χ0n) is 11.4. The first-order chi connectivity index (χ1) is 8.25. The van der Waals surface area contributed by atoms with E-state index < -0.39 is 0 Å². The number of amides is 1. The SMILES string of the molecule is CC1CCCCC1NC(=O)CCC1CCNC1.Cl. The fourth-order valence-corrected chi connectivity index (χ4v) is 3.11. The van der Waals surface area contributed by atoms with Crippen molar-refractivity contribution in [1.82, 2.24) is 10.6 Å². The molecule has 2 aliphatic rings. The van der Waals surface area contributed by atoms with Crippen molar-refractivity contribution < 1.29 is 4.79 Å². The van der Waals surface area contributed by atoms with Crippen LogP contribution in [0.1, 0.15) is 51.9 Å². The average molecular weight is 275 g/mol. The summed E-state index contributed by atoms with van der Waals surface area (Å²) in [6.45, 7) is 4.50. The third-order valence-electron chi connectivity index (χ3n) is 4.40. The van der Waals surface area contributed by atoms with Gasteiger partial charge in [0.15, 0.2) is 0 Å². The minimum absolute atomic E-state index is 0. The molecule has 1 aliphatic heterocycles. The zero-order chi connectivity index (χ0) is 12.1. The summed E-state index contributed by atoms with van der Waals surface area (Å²) in [4.78, 5) is 11.9. The van der Waals surface area contributed by atoms with Crippen molar-refractivity contribution in [2.24, 2.45) is 11.8 Å². The molecule has 0 aromatic heterocycles. The maximum atomic E-state index is 11.9. The molecule has 1 amide bonds. The minimum atomic E-state index is 0. The molecule has 106 valence electrons. The molecule has 2 N–H and O–H groups in total. The highest BCUT2D eigenvalue weighted by atomic mass is 35.5. The smallest absolute Gasteiger partial charge is 0.220 e. The summed E-state index contributed by atoms with van der Waals surface area (Å²) in [5.74, 6) is 1.67. The van der Waals surface area contributed by atoms with Gasteiger partial charge in [0.1, 0.15) is 0 Å². The van der Waals surface area contributed by atoms with Crippen molar-refractivity contribution in [3.05, 3.63) is 0 Å². The van der Waals surface area contributed by atoms with Gasteiger partial charge in [0.25, 0.3) is 0 Å². The topological polar surface area (TPSA) is 41.1 Å². The highest BCUT2D eigenvalue weighted by Crippen LogP contribution is 2.24. The van der Waals surface area contributed by atoms with Crippen LogP contribution in [0.4, 0.5) is 0 Å². The van der Waals surface area contributed by atoms with Crippen molar-refractivity contribution in [2.45, 2.75) is 57.9 Å². The van der Waals surface area contributed by atoms with Crippen molar-refractivity contribution >= 4 is 18.3 Å². The molecule has 0 aromatic rings. The Kier molecular flexibility index (Phi) is 7.02. The zero-order valence-corrected chi connectivity index (χ0v) is 12.2. The van der Waals surface area contributed by atoms with E-state index in [4.69, 9.17) is 0 Å². The molecule has 1 saturated heterocycles. The number of nitrogens with one attached hydrogen (secondary N) is 2. The normalized spacial score (nSPS) is 31.7. The monoisotopic (exact) mass is 274 g/mol. The molecule has 3 atom stereocenters. The molecule has 1 saturated carbocycles. The predicted octanol–water partition coefficient (Wildman–Crippen LogP) is 2.49. The Labute approximate surface area is 117 Å². The second-order valence-electron chi connectivity index (χ2n) is 5.83. The van der Waals surface area contributed by atoms with Gasteiger partial charge in [-0.05, 0) is 50.6 Å². The second kappa shape index (κ2) is 8.00. The highest BCUT2D eigenvalue weighted by Gasteiger charge is 2.23. The summed E-state index contributed by atoms with van der Waals surface area (Å²) in [5.41, 5.74) is 0. The van der Waals surface area contributed by atoms with Gasteiger partial charge in [-0.2, -0.15) is 0 Å². The van der Waals surface area contributed by atoms with Crippen LogP contribution in [-0.2, 0) is 4.79 Å². The minimum Gasteiger partial charge on any atom is -0.353 e.